The van der Waals surface area contributed by atoms with Crippen LogP contribution in [0.25, 0.3) is 10.9 Å². The second-order valence-electron chi connectivity index (χ2n) is 9.87. The molecule has 1 amide bonds. The van der Waals surface area contributed by atoms with E-state index >= 15 is 0 Å². The highest BCUT2D eigenvalue weighted by atomic mass is 16.1. The standard InChI is InChI=1S/C31H35N3O/c1-24(26-12-6-3-7-13-26)21-32-31(35)27-16-18-33(19-17-27)23-29-20-28-14-8-9-15-30(28)34(29)22-25-10-4-2-5-11-25/h2-15,20,24,27H,16-19,21-23H2,1H3,(H,32,35)/t24-/m0/s1. The minimum absolute atomic E-state index is 0.115. The van der Waals surface area contributed by atoms with Crippen molar-refractivity contribution in [3.05, 3.63) is 108 Å². The highest BCUT2D eigenvalue weighted by Crippen LogP contribution is 2.25. The Morgan fingerprint density at radius 2 is 1.54 bits per heavy atom. The van der Waals surface area contributed by atoms with E-state index in [4.69, 9.17) is 0 Å². The van der Waals surface area contributed by atoms with Crippen molar-refractivity contribution < 1.29 is 4.79 Å². The van der Waals surface area contributed by atoms with Crippen LogP contribution in [-0.4, -0.2) is 35.0 Å². The SMILES string of the molecule is C[C@@H](CNC(=O)C1CCN(Cc2cc3ccccc3n2Cc2ccccc2)CC1)c1ccccc1. The number of carbonyl (C=O) groups is 1. The third kappa shape index (κ3) is 5.66. The van der Waals surface area contributed by atoms with Crippen LogP contribution >= 0.6 is 0 Å². The molecule has 1 aliphatic rings. The van der Waals surface area contributed by atoms with Crippen LogP contribution in [0.2, 0.25) is 0 Å². The Kier molecular flexibility index (Phi) is 7.29. The van der Waals surface area contributed by atoms with Gasteiger partial charge in [0.05, 0.1) is 0 Å². The van der Waals surface area contributed by atoms with E-state index in [-0.39, 0.29) is 11.8 Å². The number of amides is 1. The molecule has 4 heteroatoms. The number of rotatable bonds is 8. The summed E-state index contributed by atoms with van der Waals surface area (Å²) in [5, 5.41) is 4.50. The molecule has 2 heterocycles. The quantitative estimate of drug-likeness (QED) is 0.356. The van der Waals surface area contributed by atoms with Gasteiger partial charge in [0, 0.05) is 36.8 Å². The van der Waals surface area contributed by atoms with E-state index in [1.807, 2.05) is 6.07 Å². The first-order valence-corrected chi connectivity index (χ1v) is 12.8. The topological polar surface area (TPSA) is 37.3 Å². The smallest absolute Gasteiger partial charge is 0.223 e. The van der Waals surface area contributed by atoms with Crippen molar-refractivity contribution in [2.45, 2.75) is 38.8 Å². The van der Waals surface area contributed by atoms with Gasteiger partial charge in [0.1, 0.15) is 0 Å². The predicted octanol–water partition coefficient (Wildman–Crippen LogP) is 5.82. The van der Waals surface area contributed by atoms with Crippen molar-refractivity contribution >= 4 is 16.8 Å². The average molecular weight is 466 g/mol. The summed E-state index contributed by atoms with van der Waals surface area (Å²) < 4.78 is 2.45. The molecule has 3 aromatic carbocycles. The first kappa shape index (κ1) is 23.4. The van der Waals surface area contributed by atoms with Crippen LogP contribution < -0.4 is 5.32 Å². The summed E-state index contributed by atoms with van der Waals surface area (Å²) in [6.07, 6.45) is 1.84. The fraction of sp³-hybridized carbons (Fsp3) is 0.323. The number of para-hydroxylation sites is 1. The Hall–Kier alpha value is -3.37. The third-order valence-corrected chi connectivity index (χ3v) is 7.37. The molecule has 1 aliphatic heterocycles. The van der Waals surface area contributed by atoms with E-state index in [1.54, 1.807) is 0 Å². The molecule has 0 saturated carbocycles. The molecule has 4 aromatic rings. The number of fused-ring (bicyclic) bond motifs is 1. The summed E-state index contributed by atoms with van der Waals surface area (Å²) in [4.78, 5) is 15.3. The zero-order valence-electron chi connectivity index (χ0n) is 20.6. The van der Waals surface area contributed by atoms with Gasteiger partial charge >= 0.3 is 0 Å². The summed E-state index contributed by atoms with van der Waals surface area (Å²) in [5.41, 5.74) is 5.21. The Morgan fingerprint density at radius 1 is 0.886 bits per heavy atom. The van der Waals surface area contributed by atoms with Gasteiger partial charge in [-0.1, -0.05) is 85.8 Å². The summed E-state index contributed by atoms with van der Waals surface area (Å²) in [6.45, 7) is 6.58. The van der Waals surface area contributed by atoms with E-state index in [1.165, 1.54) is 27.7 Å². The highest BCUT2D eigenvalue weighted by Gasteiger charge is 2.26. The van der Waals surface area contributed by atoms with Crippen LogP contribution in [0.5, 0.6) is 0 Å². The van der Waals surface area contributed by atoms with Gasteiger partial charge in [-0.3, -0.25) is 9.69 Å². The van der Waals surface area contributed by atoms with Gasteiger partial charge in [-0.05, 0) is 60.5 Å². The predicted molar refractivity (Wildman–Crippen MR) is 143 cm³/mol. The molecule has 0 aliphatic carbocycles. The van der Waals surface area contributed by atoms with Gasteiger partial charge in [0.15, 0.2) is 0 Å². The number of likely N-dealkylation sites (tertiary alicyclic amines) is 1. The van der Waals surface area contributed by atoms with Crippen LogP contribution in [0.15, 0.2) is 91.0 Å². The fourth-order valence-corrected chi connectivity index (χ4v) is 5.23. The van der Waals surface area contributed by atoms with Crippen LogP contribution in [-0.2, 0) is 17.9 Å². The van der Waals surface area contributed by atoms with Gasteiger partial charge in [-0.15, -0.1) is 0 Å². The lowest BCUT2D eigenvalue weighted by Crippen LogP contribution is -2.41. The van der Waals surface area contributed by atoms with Crippen LogP contribution in [0, 0.1) is 5.92 Å². The lowest BCUT2D eigenvalue weighted by molar-refractivity contribution is -0.126. The molecule has 35 heavy (non-hydrogen) atoms. The largest absolute Gasteiger partial charge is 0.355 e. The Morgan fingerprint density at radius 3 is 2.29 bits per heavy atom. The maximum absolute atomic E-state index is 12.8. The average Bonchev–Trinajstić information content (AvgIpc) is 3.25. The summed E-state index contributed by atoms with van der Waals surface area (Å²) in [6, 6.07) is 32.1. The van der Waals surface area contributed by atoms with Gasteiger partial charge in [-0.25, -0.2) is 0 Å². The number of nitrogens with zero attached hydrogens (tertiary/aromatic N) is 2. The molecule has 0 spiro atoms. The monoisotopic (exact) mass is 465 g/mol. The fourth-order valence-electron chi connectivity index (χ4n) is 5.23. The molecule has 180 valence electrons. The van der Waals surface area contributed by atoms with Gasteiger partial charge < -0.3 is 9.88 Å². The van der Waals surface area contributed by atoms with E-state index in [0.29, 0.717) is 12.5 Å². The molecular formula is C31H35N3O. The molecule has 1 N–H and O–H groups in total. The molecule has 1 saturated heterocycles. The van der Waals surface area contributed by atoms with Gasteiger partial charge in [-0.2, -0.15) is 0 Å². The zero-order valence-corrected chi connectivity index (χ0v) is 20.6. The van der Waals surface area contributed by atoms with Crippen LogP contribution in [0.1, 0.15) is 42.5 Å². The number of benzene rings is 3. The molecule has 1 atom stereocenters. The van der Waals surface area contributed by atoms with Gasteiger partial charge in [0.25, 0.3) is 0 Å². The Labute approximate surface area is 208 Å². The second-order valence-corrected chi connectivity index (χ2v) is 9.87. The van der Waals surface area contributed by atoms with E-state index < -0.39 is 0 Å². The Balaban J connectivity index is 1.19. The van der Waals surface area contributed by atoms with Crippen molar-refractivity contribution in [1.82, 2.24) is 14.8 Å². The van der Waals surface area contributed by atoms with Crippen molar-refractivity contribution in [3.8, 4) is 0 Å². The molecular weight excluding hydrogens is 430 g/mol. The summed E-state index contributed by atoms with van der Waals surface area (Å²) >= 11 is 0. The van der Waals surface area contributed by atoms with E-state index in [9.17, 15) is 4.79 Å². The van der Waals surface area contributed by atoms with Crippen molar-refractivity contribution in [2.75, 3.05) is 19.6 Å². The molecule has 0 unspecified atom stereocenters. The molecule has 1 aromatic heterocycles. The number of piperidine rings is 1. The molecule has 4 nitrogen and oxygen atoms in total. The highest BCUT2D eigenvalue weighted by molar-refractivity contribution is 5.81. The second kappa shape index (κ2) is 10.9. The minimum atomic E-state index is 0.115. The maximum Gasteiger partial charge on any atom is 0.223 e. The van der Waals surface area contributed by atoms with Crippen molar-refractivity contribution in [2.24, 2.45) is 5.92 Å². The normalized spacial score (nSPS) is 15.8. The van der Waals surface area contributed by atoms with Crippen molar-refractivity contribution in [3.63, 3.8) is 0 Å². The molecule has 0 bridgehead atoms. The Bertz CT molecular complexity index is 1240. The van der Waals surface area contributed by atoms with Crippen molar-refractivity contribution in [1.29, 1.82) is 0 Å². The first-order chi connectivity index (χ1) is 17.2. The number of carbonyl (C=O) groups excluding carboxylic acids is 1. The number of hydrogen-bond acceptors (Lipinski definition) is 2. The number of hydrogen-bond donors (Lipinski definition) is 1. The van der Waals surface area contributed by atoms with Crippen LogP contribution in [0.4, 0.5) is 0 Å². The lowest BCUT2D eigenvalue weighted by Gasteiger charge is -2.31. The van der Waals surface area contributed by atoms with E-state index in [2.05, 4.69) is 107 Å². The third-order valence-electron chi connectivity index (χ3n) is 7.37. The summed E-state index contributed by atoms with van der Waals surface area (Å²) in [5.74, 6) is 0.654. The van der Waals surface area contributed by atoms with Crippen LogP contribution in [0.3, 0.4) is 0 Å². The minimum Gasteiger partial charge on any atom is -0.355 e. The van der Waals surface area contributed by atoms with E-state index in [0.717, 1.165) is 39.0 Å². The first-order valence-electron chi connectivity index (χ1n) is 12.8. The maximum atomic E-state index is 12.8. The van der Waals surface area contributed by atoms with Gasteiger partial charge in [0.2, 0.25) is 5.91 Å². The molecule has 5 rings (SSSR count). The number of aromatic nitrogens is 1. The number of nitrogens with one attached hydrogen (secondary N) is 1. The molecule has 0 radical (unpaired) electrons. The zero-order chi connectivity index (χ0) is 24.0. The summed E-state index contributed by atoms with van der Waals surface area (Å²) in [7, 11) is 0. The lowest BCUT2D eigenvalue weighted by atomic mass is 9.95. The molecule has 1 fully saturated rings.